The van der Waals surface area contributed by atoms with Crippen molar-refractivity contribution in [3.63, 3.8) is 0 Å². The zero-order valence-electron chi connectivity index (χ0n) is 25.5. The first-order valence-electron chi connectivity index (χ1n) is 14.6. The number of carbonyl (C=O) groups is 2. The van der Waals surface area contributed by atoms with Gasteiger partial charge in [0, 0.05) is 65.0 Å². The van der Waals surface area contributed by atoms with Gasteiger partial charge >= 0.3 is 0 Å². The van der Waals surface area contributed by atoms with E-state index in [1.165, 1.54) is 0 Å². The maximum absolute atomic E-state index is 13.9. The van der Waals surface area contributed by atoms with Gasteiger partial charge in [0.15, 0.2) is 0 Å². The number of rotatable bonds is 13. The van der Waals surface area contributed by atoms with E-state index in [1.807, 2.05) is 65.4 Å². The van der Waals surface area contributed by atoms with Crippen LogP contribution in [0.5, 0.6) is 5.75 Å². The SMILES string of the molecule is COCCCOc1cc(C(=O)N(C[C@@H]2CNC[C@H]2CN(C)C(=O)Cc2ccccc2)C(C)C)ccc1C(C)(C)C. The van der Waals surface area contributed by atoms with Gasteiger partial charge in [0.1, 0.15) is 5.75 Å². The van der Waals surface area contributed by atoms with E-state index in [0.29, 0.717) is 38.3 Å². The molecule has 1 heterocycles. The zero-order valence-corrected chi connectivity index (χ0v) is 25.5. The number of likely N-dealkylation sites (N-methyl/N-ethyl adjacent to an activating group) is 1. The van der Waals surface area contributed by atoms with E-state index < -0.39 is 0 Å². The van der Waals surface area contributed by atoms with Crippen molar-refractivity contribution >= 4 is 11.8 Å². The van der Waals surface area contributed by atoms with Crippen LogP contribution in [-0.4, -0.2) is 81.2 Å². The standard InChI is InChI=1S/C33H49N3O4/c1-24(2)36(32(38)26-14-15-29(33(3,4)5)30(19-26)40-17-11-16-39-7)23-28-21-34-20-27(28)22-35(6)31(37)18-25-12-9-8-10-13-25/h8-10,12-15,19,24,27-28,34H,11,16-18,20-23H2,1-7H3/t27-,28-/m0/s1. The van der Waals surface area contributed by atoms with Crippen molar-refractivity contribution in [3.05, 3.63) is 65.2 Å². The summed E-state index contributed by atoms with van der Waals surface area (Å²) in [5, 5.41) is 3.50. The molecule has 220 valence electrons. The van der Waals surface area contributed by atoms with Gasteiger partial charge < -0.3 is 24.6 Å². The monoisotopic (exact) mass is 551 g/mol. The minimum absolute atomic E-state index is 0.0105. The molecule has 2 atom stereocenters. The Labute approximate surface area is 241 Å². The maximum atomic E-state index is 13.9. The van der Waals surface area contributed by atoms with Crippen molar-refractivity contribution in [2.45, 2.75) is 58.9 Å². The fraction of sp³-hybridized carbons (Fsp3) is 0.576. The normalized spacial score (nSPS) is 17.2. The Morgan fingerprint density at radius 3 is 2.30 bits per heavy atom. The lowest BCUT2D eigenvalue weighted by molar-refractivity contribution is -0.129. The molecule has 1 aliphatic heterocycles. The molecule has 1 fully saturated rings. The molecule has 0 spiro atoms. The summed E-state index contributed by atoms with van der Waals surface area (Å²) in [6, 6.07) is 15.8. The third-order valence-corrected chi connectivity index (χ3v) is 7.71. The van der Waals surface area contributed by atoms with Crippen molar-refractivity contribution in [1.82, 2.24) is 15.1 Å². The highest BCUT2D eigenvalue weighted by molar-refractivity contribution is 5.95. The van der Waals surface area contributed by atoms with Gasteiger partial charge in [-0.15, -0.1) is 0 Å². The highest BCUT2D eigenvalue weighted by Gasteiger charge is 2.33. The van der Waals surface area contributed by atoms with E-state index in [-0.39, 0.29) is 35.1 Å². The molecule has 0 saturated carbocycles. The van der Waals surface area contributed by atoms with Gasteiger partial charge in [-0.05, 0) is 54.4 Å². The van der Waals surface area contributed by atoms with Crippen LogP contribution >= 0.6 is 0 Å². The van der Waals surface area contributed by atoms with E-state index in [0.717, 1.165) is 36.4 Å². The number of amides is 2. The summed E-state index contributed by atoms with van der Waals surface area (Å²) >= 11 is 0. The van der Waals surface area contributed by atoms with Gasteiger partial charge in [0.2, 0.25) is 5.91 Å². The quantitative estimate of drug-likeness (QED) is 0.363. The Hall–Kier alpha value is -2.90. The van der Waals surface area contributed by atoms with Crippen LogP contribution in [0, 0.1) is 11.8 Å². The molecule has 0 bridgehead atoms. The first kappa shape index (κ1) is 31.6. The van der Waals surface area contributed by atoms with Crippen LogP contribution in [-0.2, 0) is 21.4 Å². The molecular formula is C33H49N3O4. The Kier molecular flexibility index (Phi) is 11.6. The average Bonchev–Trinajstić information content (AvgIpc) is 3.35. The van der Waals surface area contributed by atoms with Crippen LogP contribution < -0.4 is 10.1 Å². The predicted octanol–water partition coefficient (Wildman–Crippen LogP) is 4.79. The smallest absolute Gasteiger partial charge is 0.254 e. The van der Waals surface area contributed by atoms with Gasteiger partial charge in [-0.25, -0.2) is 0 Å². The summed E-state index contributed by atoms with van der Waals surface area (Å²) in [6.07, 6.45) is 1.19. The third kappa shape index (κ3) is 8.80. The molecule has 2 aromatic carbocycles. The Morgan fingerprint density at radius 2 is 1.68 bits per heavy atom. The Morgan fingerprint density at radius 1 is 1.00 bits per heavy atom. The van der Waals surface area contributed by atoms with Gasteiger partial charge in [-0.1, -0.05) is 57.2 Å². The number of nitrogens with one attached hydrogen (secondary N) is 1. The second-order valence-electron chi connectivity index (χ2n) is 12.3. The summed E-state index contributed by atoms with van der Waals surface area (Å²) in [5.41, 5.74) is 2.64. The minimum atomic E-state index is -0.109. The second kappa shape index (κ2) is 14.6. The number of benzene rings is 2. The molecule has 0 aromatic heterocycles. The van der Waals surface area contributed by atoms with Crippen molar-refractivity contribution < 1.29 is 19.1 Å². The summed E-state index contributed by atoms with van der Waals surface area (Å²) in [5.74, 6) is 1.43. The number of carbonyl (C=O) groups excluding carboxylic acids is 2. The van der Waals surface area contributed by atoms with Crippen molar-refractivity contribution in [2.24, 2.45) is 11.8 Å². The molecule has 7 heteroatoms. The Bertz CT molecular complexity index is 1100. The number of nitrogens with zero attached hydrogens (tertiary/aromatic N) is 2. The van der Waals surface area contributed by atoms with Gasteiger partial charge in [-0.3, -0.25) is 9.59 Å². The molecule has 2 aromatic rings. The van der Waals surface area contributed by atoms with Crippen LogP contribution in [0.3, 0.4) is 0 Å². The van der Waals surface area contributed by atoms with E-state index in [2.05, 4.69) is 39.9 Å². The summed E-state index contributed by atoms with van der Waals surface area (Å²) in [7, 11) is 3.57. The van der Waals surface area contributed by atoms with Gasteiger partial charge in [-0.2, -0.15) is 0 Å². The minimum Gasteiger partial charge on any atom is -0.493 e. The molecular weight excluding hydrogens is 502 g/mol. The van der Waals surface area contributed by atoms with Crippen LogP contribution in [0.25, 0.3) is 0 Å². The van der Waals surface area contributed by atoms with Gasteiger partial charge in [0.05, 0.1) is 13.0 Å². The number of hydrogen-bond donors (Lipinski definition) is 1. The molecule has 2 amide bonds. The molecule has 0 unspecified atom stereocenters. The molecule has 1 aliphatic rings. The molecule has 0 radical (unpaired) electrons. The van der Waals surface area contributed by atoms with E-state index >= 15 is 0 Å². The predicted molar refractivity (Wildman–Crippen MR) is 161 cm³/mol. The highest BCUT2D eigenvalue weighted by atomic mass is 16.5. The van der Waals surface area contributed by atoms with Crippen LogP contribution in [0.15, 0.2) is 48.5 Å². The number of hydrogen-bond acceptors (Lipinski definition) is 5. The van der Waals surface area contributed by atoms with Crippen LogP contribution in [0.4, 0.5) is 0 Å². The molecule has 0 aliphatic carbocycles. The first-order valence-corrected chi connectivity index (χ1v) is 14.6. The average molecular weight is 552 g/mol. The largest absolute Gasteiger partial charge is 0.493 e. The molecule has 7 nitrogen and oxygen atoms in total. The number of methoxy groups -OCH3 is 1. The van der Waals surface area contributed by atoms with E-state index in [9.17, 15) is 9.59 Å². The second-order valence-corrected chi connectivity index (χ2v) is 12.3. The van der Waals surface area contributed by atoms with Crippen molar-refractivity contribution in [1.29, 1.82) is 0 Å². The zero-order chi connectivity index (χ0) is 29.3. The van der Waals surface area contributed by atoms with E-state index in [4.69, 9.17) is 9.47 Å². The fourth-order valence-electron chi connectivity index (χ4n) is 5.30. The fourth-order valence-corrected chi connectivity index (χ4v) is 5.30. The van der Waals surface area contributed by atoms with E-state index in [1.54, 1.807) is 7.11 Å². The van der Waals surface area contributed by atoms with Crippen molar-refractivity contribution in [3.8, 4) is 5.75 Å². The lowest BCUT2D eigenvalue weighted by atomic mass is 9.85. The number of ether oxygens (including phenoxy) is 2. The Balaban J connectivity index is 1.71. The maximum Gasteiger partial charge on any atom is 0.254 e. The van der Waals surface area contributed by atoms with Crippen LogP contribution in [0.2, 0.25) is 0 Å². The van der Waals surface area contributed by atoms with Crippen LogP contribution in [0.1, 0.15) is 62.5 Å². The lowest BCUT2D eigenvalue weighted by Gasteiger charge is -2.33. The van der Waals surface area contributed by atoms with Crippen molar-refractivity contribution in [2.75, 3.05) is 53.6 Å². The summed E-state index contributed by atoms with van der Waals surface area (Å²) in [6.45, 7) is 14.7. The lowest BCUT2D eigenvalue weighted by Crippen LogP contribution is -2.44. The molecule has 1 N–H and O–H groups in total. The molecule has 40 heavy (non-hydrogen) atoms. The highest BCUT2D eigenvalue weighted by Crippen LogP contribution is 2.33. The molecule has 1 saturated heterocycles. The molecule has 3 rings (SSSR count). The summed E-state index contributed by atoms with van der Waals surface area (Å²) < 4.78 is 11.3. The summed E-state index contributed by atoms with van der Waals surface area (Å²) in [4.78, 5) is 30.6. The third-order valence-electron chi connectivity index (χ3n) is 7.71. The topological polar surface area (TPSA) is 71.1 Å². The first-order chi connectivity index (χ1) is 19.0. The van der Waals surface area contributed by atoms with Gasteiger partial charge in [0.25, 0.3) is 5.91 Å².